The minimum Gasteiger partial charge on any atom is -0.394 e. The van der Waals surface area contributed by atoms with Gasteiger partial charge in [0.05, 0.1) is 12.7 Å². The minimum absolute atomic E-state index is 0.0362. The second-order valence-corrected chi connectivity index (χ2v) is 6.75. The maximum absolute atomic E-state index is 13.9. The van der Waals surface area contributed by atoms with E-state index < -0.39 is 12.7 Å². The van der Waals surface area contributed by atoms with E-state index in [1.54, 1.807) is 13.1 Å². The lowest BCUT2D eigenvalue weighted by Gasteiger charge is -2.21. The predicted octanol–water partition coefficient (Wildman–Crippen LogP) is 3.38. The molecule has 0 aliphatic carbocycles. The van der Waals surface area contributed by atoms with Crippen LogP contribution in [0, 0.1) is 12.7 Å². The van der Waals surface area contributed by atoms with Gasteiger partial charge in [0.2, 0.25) is 0 Å². The summed E-state index contributed by atoms with van der Waals surface area (Å²) in [6.07, 6.45) is -0.986. The molecule has 1 unspecified atom stereocenters. The van der Waals surface area contributed by atoms with Gasteiger partial charge in [0.15, 0.2) is 0 Å². The average molecular weight is 367 g/mol. The van der Waals surface area contributed by atoms with Crippen molar-refractivity contribution in [3.05, 3.63) is 71.5 Å². The third kappa shape index (κ3) is 3.99. The van der Waals surface area contributed by atoms with Gasteiger partial charge in [-0.25, -0.2) is 4.39 Å². The van der Waals surface area contributed by atoms with Crippen LogP contribution < -0.4 is 0 Å². The molecule has 1 atom stereocenters. The van der Waals surface area contributed by atoms with Crippen molar-refractivity contribution in [2.75, 3.05) is 20.2 Å². The highest BCUT2D eigenvalue weighted by molar-refractivity contribution is 6.10. The zero-order chi connectivity index (χ0) is 19.6. The van der Waals surface area contributed by atoms with Crippen LogP contribution in [0.3, 0.4) is 0 Å². The van der Waals surface area contributed by atoms with Gasteiger partial charge >= 0.3 is 0 Å². The van der Waals surface area contributed by atoms with Crippen LogP contribution in [0.2, 0.25) is 0 Å². The number of hydrogen-bond acceptors (Lipinski definition) is 3. The lowest BCUT2D eigenvalue weighted by atomic mass is 9.94. The Bertz CT molecular complexity index is 966. The molecule has 4 nitrogen and oxygen atoms in total. The van der Waals surface area contributed by atoms with Gasteiger partial charge < -0.3 is 15.1 Å². The van der Waals surface area contributed by atoms with E-state index in [1.807, 2.05) is 43.3 Å². The van der Waals surface area contributed by atoms with E-state index >= 15 is 0 Å². The molecule has 0 aromatic heterocycles. The molecule has 0 aliphatic heterocycles. The third-order valence-electron chi connectivity index (χ3n) is 4.55. The summed E-state index contributed by atoms with van der Waals surface area (Å²) in [5.41, 5.74) is 2.93. The Morgan fingerprint density at radius 3 is 2.48 bits per heavy atom. The summed E-state index contributed by atoms with van der Waals surface area (Å²) < 4.78 is 13.9. The molecule has 0 fully saturated rings. The highest BCUT2D eigenvalue weighted by Crippen LogP contribution is 2.32. The van der Waals surface area contributed by atoms with Gasteiger partial charge in [0.25, 0.3) is 5.91 Å². The SMILES string of the molecule is Cc1cc(F)cc(-c2ccc(C(=O)N(C)CC(O)CO)c3ccccc23)c1. The lowest BCUT2D eigenvalue weighted by molar-refractivity contribution is 0.0521. The zero-order valence-electron chi connectivity index (χ0n) is 15.3. The van der Waals surface area contributed by atoms with Crippen molar-refractivity contribution in [3.8, 4) is 11.1 Å². The lowest BCUT2D eigenvalue weighted by Crippen LogP contribution is -2.35. The summed E-state index contributed by atoms with van der Waals surface area (Å²) in [6, 6.07) is 15.9. The second-order valence-electron chi connectivity index (χ2n) is 6.75. The van der Waals surface area contributed by atoms with Crippen molar-refractivity contribution in [3.63, 3.8) is 0 Å². The molecular formula is C22H22FNO3. The van der Waals surface area contributed by atoms with Crippen molar-refractivity contribution in [2.24, 2.45) is 0 Å². The summed E-state index contributed by atoms with van der Waals surface area (Å²) >= 11 is 0. The van der Waals surface area contributed by atoms with Crippen molar-refractivity contribution < 1.29 is 19.4 Å². The Morgan fingerprint density at radius 2 is 1.81 bits per heavy atom. The zero-order valence-corrected chi connectivity index (χ0v) is 15.3. The smallest absolute Gasteiger partial charge is 0.254 e. The highest BCUT2D eigenvalue weighted by Gasteiger charge is 2.19. The highest BCUT2D eigenvalue weighted by atomic mass is 19.1. The minimum atomic E-state index is -0.986. The number of likely N-dealkylation sites (N-methyl/N-ethyl adjacent to an activating group) is 1. The van der Waals surface area contributed by atoms with Crippen LogP contribution in [0.15, 0.2) is 54.6 Å². The van der Waals surface area contributed by atoms with Gasteiger partial charge in [0, 0.05) is 19.2 Å². The van der Waals surface area contributed by atoms with E-state index in [-0.39, 0.29) is 18.3 Å². The van der Waals surface area contributed by atoms with Crippen LogP contribution in [-0.2, 0) is 0 Å². The van der Waals surface area contributed by atoms with Gasteiger partial charge in [-0.3, -0.25) is 4.79 Å². The maximum Gasteiger partial charge on any atom is 0.254 e. The Hall–Kier alpha value is -2.76. The number of nitrogens with zero attached hydrogens (tertiary/aromatic N) is 1. The third-order valence-corrected chi connectivity index (χ3v) is 4.55. The maximum atomic E-state index is 13.9. The molecular weight excluding hydrogens is 345 g/mol. The van der Waals surface area contributed by atoms with Crippen molar-refractivity contribution in [1.29, 1.82) is 0 Å². The molecule has 0 saturated heterocycles. The van der Waals surface area contributed by atoms with Gasteiger partial charge in [-0.1, -0.05) is 36.4 Å². The number of aliphatic hydroxyl groups is 2. The summed E-state index contributed by atoms with van der Waals surface area (Å²) in [5.74, 6) is -0.548. The topological polar surface area (TPSA) is 60.8 Å². The summed E-state index contributed by atoms with van der Waals surface area (Å²) in [6.45, 7) is 1.47. The number of hydrogen-bond donors (Lipinski definition) is 2. The number of fused-ring (bicyclic) bond motifs is 1. The van der Waals surface area contributed by atoms with Crippen LogP contribution >= 0.6 is 0 Å². The molecule has 0 saturated carbocycles. The molecule has 140 valence electrons. The molecule has 0 bridgehead atoms. The van der Waals surface area contributed by atoms with Gasteiger partial charge in [-0.05, 0) is 52.6 Å². The molecule has 5 heteroatoms. The van der Waals surface area contributed by atoms with Gasteiger partial charge in [-0.15, -0.1) is 0 Å². The predicted molar refractivity (Wildman–Crippen MR) is 104 cm³/mol. The standard InChI is InChI=1S/C22H22FNO3/c1-14-9-15(11-16(23)10-14)18-7-8-21(20-6-4-3-5-19(18)20)22(27)24(2)12-17(26)13-25/h3-11,17,25-26H,12-13H2,1-2H3. The Balaban J connectivity index is 2.09. The normalized spacial score (nSPS) is 12.2. The molecule has 0 heterocycles. The monoisotopic (exact) mass is 367 g/mol. The molecule has 2 N–H and O–H groups in total. The van der Waals surface area contributed by atoms with E-state index in [1.165, 1.54) is 17.0 Å². The van der Waals surface area contributed by atoms with Gasteiger partial charge in [0.1, 0.15) is 5.82 Å². The first-order valence-corrected chi connectivity index (χ1v) is 8.74. The average Bonchev–Trinajstić information content (AvgIpc) is 2.65. The van der Waals surface area contributed by atoms with Crippen molar-refractivity contribution >= 4 is 16.7 Å². The second kappa shape index (κ2) is 7.86. The van der Waals surface area contributed by atoms with E-state index in [9.17, 15) is 14.3 Å². The fraction of sp³-hybridized carbons (Fsp3) is 0.227. The fourth-order valence-electron chi connectivity index (χ4n) is 3.29. The number of benzene rings is 3. The van der Waals surface area contributed by atoms with E-state index in [4.69, 9.17) is 5.11 Å². The van der Waals surface area contributed by atoms with Crippen LogP contribution in [0.4, 0.5) is 4.39 Å². The van der Waals surface area contributed by atoms with Gasteiger partial charge in [-0.2, -0.15) is 0 Å². The number of carbonyl (C=O) groups is 1. The molecule has 27 heavy (non-hydrogen) atoms. The summed E-state index contributed by atoms with van der Waals surface area (Å²) in [7, 11) is 1.58. The van der Waals surface area contributed by atoms with E-state index in [2.05, 4.69) is 0 Å². The van der Waals surface area contributed by atoms with E-state index in [0.717, 1.165) is 27.5 Å². The Kier molecular flexibility index (Phi) is 5.54. The Labute approximate surface area is 157 Å². The largest absolute Gasteiger partial charge is 0.394 e. The number of halogens is 1. The molecule has 1 amide bonds. The summed E-state index contributed by atoms with van der Waals surface area (Å²) in [5, 5.41) is 20.2. The number of amides is 1. The molecule has 0 radical (unpaired) electrons. The first-order valence-electron chi connectivity index (χ1n) is 8.74. The van der Waals surface area contributed by atoms with Crippen LogP contribution in [0.5, 0.6) is 0 Å². The first kappa shape index (κ1) is 19.0. The molecule has 3 aromatic rings. The Morgan fingerprint density at radius 1 is 1.11 bits per heavy atom. The first-order chi connectivity index (χ1) is 12.9. The molecule has 0 spiro atoms. The number of aliphatic hydroxyl groups excluding tert-OH is 2. The van der Waals surface area contributed by atoms with Crippen LogP contribution in [0.25, 0.3) is 21.9 Å². The van der Waals surface area contributed by atoms with Crippen LogP contribution in [0.1, 0.15) is 15.9 Å². The quantitative estimate of drug-likeness (QED) is 0.727. The summed E-state index contributed by atoms with van der Waals surface area (Å²) in [4.78, 5) is 14.2. The van der Waals surface area contributed by atoms with Crippen LogP contribution in [-0.4, -0.2) is 47.3 Å². The number of carbonyl (C=O) groups excluding carboxylic acids is 1. The molecule has 3 rings (SSSR count). The van der Waals surface area contributed by atoms with Crippen molar-refractivity contribution in [1.82, 2.24) is 4.90 Å². The molecule has 3 aromatic carbocycles. The van der Waals surface area contributed by atoms with Crippen molar-refractivity contribution in [2.45, 2.75) is 13.0 Å². The molecule has 0 aliphatic rings. The number of aryl methyl sites for hydroxylation is 1. The van der Waals surface area contributed by atoms with E-state index in [0.29, 0.717) is 5.56 Å². The fourth-order valence-corrected chi connectivity index (χ4v) is 3.29. The number of rotatable bonds is 5.